The van der Waals surface area contributed by atoms with Crippen LogP contribution in [0.1, 0.15) is 108 Å². The van der Waals surface area contributed by atoms with Crippen LogP contribution in [0.15, 0.2) is 63.6 Å². The Morgan fingerprint density at radius 1 is 0.917 bits per heavy atom. The average Bonchev–Trinajstić information content (AvgIpc) is 3.61. The minimum atomic E-state index is -2.07. The quantitative estimate of drug-likeness (QED) is 0.187. The number of rotatable bonds is 7. The van der Waals surface area contributed by atoms with Gasteiger partial charge in [-0.1, -0.05) is 102 Å². The molecule has 1 aliphatic rings. The summed E-state index contributed by atoms with van der Waals surface area (Å²) in [4.78, 5) is 22.9. The van der Waals surface area contributed by atoms with Gasteiger partial charge in [-0.2, -0.15) is 0 Å². The number of amides is 1. The standard InChI is InChI=1S/C38H49N3O6Si/c1-35(2,3)30(41-34(42)47-36(4,5)6)33-40-29(32-39-26(22-44-32)23-45-48(10,11)37(7,8)9)31(46-33)38(43)27-18-14-12-16-24(27)20-21-25-17-13-15-19-28(25)38/h12-22,30,43H,23H2,1-11H3,(H,41,42)/t30-/m1/s1. The lowest BCUT2D eigenvalue weighted by Crippen LogP contribution is -2.40. The summed E-state index contributed by atoms with van der Waals surface area (Å²) in [7, 11) is -2.07. The first kappa shape index (κ1) is 35.3. The Balaban J connectivity index is 1.70. The molecule has 0 spiro atoms. The Bertz CT molecular complexity index is 1770. The summed E-state index contributed by atoms with van der Waals surface area (Å²) >= 11 is 0. The van der Waals surface area contributed by atoms with Gasteiger partial charge >= 0.3 is 6.09 Å². The Labute approximate surface area is 284 Å². The van der Waals surface area contributed by atoms with Crippen LogP contribution < -0.4 is 5.32 Å². The van der Waals surface area contributed by atoms with E-state index in [1.807, 2.05) is 81.5 Å². The molecule has 1 amide bonds. The molecule has 0 fully saturated rings. The second-order valence-electron chi connectivity index (χ2n) is 16.1. The zero-order valence-electron chi connectivity index (χ0n) is 30.0. The number of oxazole rings is 2. The van der Waals surface area contributed by atoms with Crippen molar-refractivity contribution in [1.29, 1.82) is 0 Å². The first-order valence-electron chi connectivity index (χ1n) is 16.4. The number of carbonyl (C=O) groups is 1. The molecule has 256 valence electrons. The highest BCUT2D eigenvalue weighted by Crippen LogP contribution is 2.48. The number of aliphatic hydroxyl groups is 1. The van der Waals surface area contributed by atoms with E-state index in [1.54, 1.807) is 27.0 Å². The molecule has 5 rings (SSSR count). The molecule has 2 aromatic heterocycles. The van der Waals surface area contributed by atoms with Crippen LogP contribution in [0.4, 0.5) is 4.79 Å². The van der Waals surface area contributed by atoms with Crippen molar-refractivity contribution in [3.63, 3.8) is 0 Å². The van der Waals surface area contributed by atoms with Gasteiger partial charge in [0.05, 0.1) is 6.61 Å². The fourth-order valence-corrected chi connectivity index (χ4v) is 6.33. The summed E-state index contributed by atoms with van der Waals surface area (Å²) in [6.07, 6.45) is 4.90. The molecule has 2 heterocycles. The van der Waals surface area contributed by atoms with E-state index in [2.05, 4.69) is 39.2 Å². The minimum Gasteiger partial charge on any atom is -0.444 e. The molecule has 4 aromatic rings. The van der Waals surface area contributed by atoms with Gasteiger partial charge in [0.15, 0.2) is 25.4 Å². The van der Waals surface area contributed by atoms with E-state index >= 15 is 0 Å². The van der Waals surface area contributed by atoms with Gasteiger partial charge in [0.1, 0.15) is 23.6 Å². The van der Waals surface area contributed by atoms with Crippen molar-refractivity contribution in [2.45, 2.75) is 104 Å². The lowest BCUT2D eigenvalue weighted by atomic mass is 9.80. The summed E-state index contributed by atoms with van der Waals surface area (Å²) in [6, 6.07) is 14.5. The first-order chi connectivity index (χ1) is 22.2. The Hall–Kier alpha value is -3.99. The fraction of sp³-hybridized carbons (Fsp3) is 0.447. The number of nitrogens with one attached hydrogen (secondary N) is 1. The van der Waals surface area contributed by atoms with E-state index in [9.17, 15) is 9.90 Å². The highest BCUT2D eigenvalue weighted by atomic mass is 28.4. The molecule has 1 aliphatic carbocycles. The van der Waals surface area contributed by atoms with Crippen LogP contribution >= 0.6 is 0 Å². The first-order valence-corrected chi connectivity index (χ1v) is 19.3. The SMILES string of the molecule is CC(C)(C)OC(=O)N[C@H](c1nc(-c2nc(CO[Si](C)(C)C(C)(C)C)co2)c(C2(O)c3ccccc3C=Cc3ccccc32)o1)C(C)(C)C. The van der Waals surface area contributed by atoms with E-state index in [1.165, 1.54) is 0 Å². The van der Waals surface area contributed by atoms with Gasteiger partial charge in [0.25, 0.3) is 0 Å². The number of ether oxygens (including phenoxy) is 1. The third-order valence-electron chi connectivity index (χ3n) is 9.03. The summed E-state index contributed by atoms with van der Waals surface area (Å²) in [5.74, 6) is 0.468. The van der Waals surface area contributed by atoms with Crippen molar-refractivity contribution in [2.75, 3.05) is 0 Å². The molecular weight excluding hydrogens is 623 g/mol. The van der Waals surface area contributed by atoms with E-state index in [4.69, 9.17) is 28.0 Å². The topological polar surface area (TPSA) is 120 Å². The molecule has 48 heavy (non-hydrogen) atoms. The Morgan fingerprint density at radius 3 is 2.00 bits per heavy atom. The lowest BCUT2D eigenvalue weighted by molar-refractivity contribution is 0.0439. The number of aromatic nitrogens is 2. The molecule has 2 N–H and O–H groups in total. The van der Waals surface area contributed by atoms with E-state index in [-0.39, 0.29) is 34.9 Å². The molecule has 0 bridgehead atoms. The third-order valence-corrected chi connectivity index (χ3v) is 13.5. The molecule has 10 heteroatoms. The van der Waals surface area contributed by atoms with Crippen molar-refractivity contribution >= 4 is 26.6 Å². The zero-order valence-corrected chi connectivity index (χ0v) is 31.0. The molecule has 0 saturated heterocycles. The summed E-state index contributed by atoms with van der Waals surface area (Å²) in [5.41, 5.74) is 0.571. The van der Waals surface area contributed by atoms with Gasteiger partial charge in [-0.05, 0) is 55.4 Å². The molecular formula is C38H49N3O6Si. The highest BCUT2D eigenvalue weighted by molar-refractivity contribution is 6.74. The molecule has 0 saturated carbocycles. The van der Waals surface area contributed by atoms with Gasteiger partial charge in [0.2, 0.25) is 11.8 Å². The maximum atomic E-state index is 13.1. The van der Waals surface area contributed by atoms with Crippen molar-refractivity contribution in [3.8, 4) is 11.6 Å². The largest absolute Gasteiger partial charge is 0.444 e. The van der Waals surface area contributed by atoms with E-state index in [0.717, 1.165) is 11.1 Å². The molecule has 9 nitrogen and oxygen atoms in total. The van der Waals surface area contributed by atoms with Gasteiger partial charge in [-0.3, -0.25) is 0 Å². The van der Waals surface area contributed by atoms with Crippen LogP contribution in [-0.4, -0.2) is 35.1 Å². The molecule has 0 aliphatic heterocycles. The number of benzene rings is 2. The third kappa shape index (κ3) is 7.06. The maximum Gasteiger partial charge on any atom is 0.408 e. The maximum absolute atomic E-state index is 13.1. The van der Waals surface area contributed by atoms with Crippen molar-refractivity contribution < 1.29 is 27.9 Å². The molecule has 0 unspecified atom stereocenters. The number of hydrogen-bond donors (Lipinski definition) is 2. The monoisotopic (exact) mass is 671 g/mol. The number of hydrogen-bond acceptors (Lipinski definition) is 8. The van der Waals surface area contributed by atoms with Crippen LogP contribution in [0.25, 0.3) is 23.7 Å². The van der Waals surface area contributed by atoms with Crippen molar-refractivity contribution in [3.05, 3.63) is 94.4 Å². The van der Waals surface area contributed by atoms with Crippen LogP contribution in [0.5, 0.6) is 0 Å². The van der Waals surface area contributed by atoms with E-state index in [0.29, 0.717) is 16.8 Å². The summed E-state index contributed by atoms with van der Waals surface area (Å²) in [5, 5.41) is 16.1. The Morgan fingerprint density at radius 2 is 1.48 bits per heavy atom. The van der Waals surface area contributed by atoms with E-state index < -0.39 is 37.1 Å². The number of alkyl carbamates (subject to hydrolysis) is 1. The number of carbonyl (C=O) groups excluding carboxylic acids is 1. The van der Waals surface area contributed by atoms with Crippen molar-refractivity contribution in [2.24, 2.45) is 5.41 Å². The van der Waals surface area contributed by atoms with Gasteiger partial charge in [0, 0.05) is 11.1 Å². The average molecular weight is 672 g/mol. The van der Waals surface area contributed by atoms with Crippen LogP contribution in [0.2, 0.25) is 18.1 Å². The van der Waals surface area contributed by atoms with Crippen LogP contribution in [0.3, 0.4) is 0 Å². The second kappa shape index (κ2) is 12.5. The van der Waals surface area contributed by atoms with Gasteiger partial charge in [-0.15, -0.1) is 0 Å². The number of fused-ring (bicyclic) bond motifs is 2. The highest BCUT2D eigenvalue weighted by Gasteiger charge is 2.46. The molecule has 2 aromatic carbocycles. The lowest BCUT2D eigenvalue weighted by Gasteiger charge is -2.35. The molecule has 1 atom stereocenters. The normalized spacial score (nSPS) is 15.3. The van der Waals surface area contributed by atoms with Gasteiger partial charge in [-0.25, -0.2) is 14.8 Å². The zero-order chi connectivity index (χ0) is 35.3. The van der Waals surface area contributed by atoms with Crippen LogP contribution in [-0.2, 0) is 21.4 Å². The summed E-state index contributed by atoms with van der Waals surface area (Å²) < 4.78 is 24.8. The van der Waals surface area contributed by atoms with Crippen molar-refractivity contribution in [1.82, 2.24) is 15.3 Å². The number of nitrogens with zero attached hydrogens (tertiary/aromatic N) is 2. The summed E-state index contributed by atoms with van der Waals surface area (Å²) in [6.45, 7) is 22.5. The second-order valence-corrected chi connectivity index (χ2v) is 20.9. The van der Waals surface area contributed by atoms with Gasteiger partial charge < -0.3 is 28.4 Å². The van der Waals surface area contributed by atoms with Crippen LogP contribution in [0, 0.1) is 5.41 Å². The Kier molecular flexibility index (Phi) is 9.18. The molecule has 0 radical (unpaired) electrons. The fourth-order valence-electron chi connectivity index (χ4n) is 5.39. The predicted octanol–water partition coefficient (Wildman–Crippen LogP) is 9.23. The smallest absolute Gasteiger partial charge is 0.408 e. The minimum absolute atomic E-state index is 0.0223. The predicted molar refractivity (Wildman–Crippen MR) is 189 cm³/mol.